The summed E-state index contributed by atoms with van der Waals surface area (Å²) in [7, 11) is 0. The van der Waals surface area contributed by atoms with Gasteiger partial charge in [-0.1, -0.05) is 33.6 Å². The van der Waals surface area contributed by atoms with Gasteiger partial charge in [0.05, 0.1) is 10.9 Å². The molecule has 2 aromatic heterocycles. The van der Waals surface area contributed by atoms with Crippen molar-refractivity contribution in [3.8, 4) is 11.6 Å². The number of halogens is 3. The van der Waals surface area contributed by atoms with Crippen molar-refractivity contribution >= 4 is 44.8 Å². The summed E-state index contributed by atoms with van der Waals surface area (Å²) in [5.74, 6) is 1.30. The van der Waals surface area contributed by atoms with Gasteiger partial charge in [0, 0.05) is 10.7 Å². The van der Waals surface area contributed by atoms with E-state index in [1.807, 2.05) is 34.9 Å². The summed E-state index contributed by atoms with van der Waals surface area (Å²) in [5, 5.41) is 0.519. The van der Waals surface area contributed by atoms with Crippen LogP contribution >= 0.6 is 39.1 Å². The summed E-state index contributed by atoms with van der Waals surface area (Å²) in [4.78, 5) is 4.43. The lowest BCUT2D eigenvalue weighted by Crippen LogP contribution is -1.92. The quantitative estimate of drug-likeness (QED) is 0.585. The number of imidazole rings is 1. The van der Waals surface area contributed by atoms with E-state index in [1.54, 1.807) is 12.1 Å². The number of pyridine rings is 1. The lowest BCUT2D eigenvalue weighted by molar-refractivity contribution is 0.461. The molecule has 1 aromatic carbocycles. The first-order chi connectivity index (χ1) is 9.69. The summed E-state index contributed by atoms with van der Waals surface area (Å²) >= 11 is 15.5. The second-order valence-corrected chi connectivity index (χ2v) is 5.69. The van der Waals surface area contributed by atoms with Crippen LogP contribution in [0.2, 0.25) is 5.02 Å². The molecule has 0 unspecified atom stereocenters. The third kappa shape index (κ3) is 2.51. The molecule has 6 heteroatoms. The highest BCUT2D eigenvalue weighted by Crippen LogP contribution is 2.33. The van der Waals surface area contributed by atoms with Crippen molar-refractivity contribution < 1.29 is 4.74 Å². The molecule has 0 N–H and O–H groups in total. The van der Waals surface area contributed by atoms with Crippen LogP contribution in [0.15, 0.2) is 47.1 Å². The average molecular weight is 372 g/mol. The second-order valence-electron chi connectivity index (χ2n) is 4.10. The van der Waals surface area contributed by atoms with Gasteiger partial charge in [0.15, 0.2) is 0 Å². The Kier molecular flexibility index (Phi) is 3.87. The predicted molar refractivity (Wildman–Crippen MR) is 84.0 cm³/mol. The van der Waals surface area contributed by atoms with E-state index in [4.69, 9.17) is 27.9 Å². The Morgan fingerprint density at radius 2 is 2.10 bits per heavy atom. The molecule has 3 aromatic rings. The number of benzene rings is 1. The fourth-order valence-corrected chi connectivity index (χ4v) is 2.63. The molecule has 0 aliphatic rings. The van der Waals surface area contributed by atoms with Crippen molar-refractivity contribution in [2.75, 3.05) is 0 Å². The SMILES string of the molecule is ClCc1c(Oc2cc(Br)ccc2Cl)nc2ccccn12. The molecule has 0 saturated heterocycles. The van der Waals surface area contributed by atoms with Crippen molar-refractivity contribution in [3.05, 3.63) is 57.8 Å². The van der Waals surface area contributed by atoms with E-state index in [-0.39, 0.29) is 0 Å². The molecule has 102 valence electrons. The van der Waals surface area contributed by atoms with Gasteiger partial charge in [-0.3, -0.25) is 4.40 Å². The van der Waals surface area contributed by atoms with Crippen LogP contribution in [-0.4, -0.2) is 9.38 Å². The van der Waals surface area contributed by atoms with E-state index in [2.05, 4.69) is 20.9 Å². The lowest BCUT2D eigenvalue weighted by atomic mass is 10.3. The first-order valence-electron chi connectivity index (χ1n) is 5.84. The van der Waals surface area contributed by atoms with Crippen LogP contribution in [-0.2, 0) is 5.88 Å². The Morgan fingerprint density at radius 3 is 2.90 bits per heavy atom. The largest absolute Gasteiger partial charge is 0.436 e. The highest BCUT2D eigenvalue weighted by molar-refractivity contribution is 9.10. The molecule has 3 nitrogen and oxygen atoms in total. The summed E-state index contributed by atoms with van der Waals surface area (Å²) in [5.41, 5.74) is 1.57. The highest BCUT2D eigenvalue weighted by Gasteiger charge is 2.14. The topological polar surface area (TPSA) is 26.5 Å². The number of fused-ring (bicyclic) bond motifs is 1. The second kappa shape index (κ2) is 5.64. The van der Waals surface area contributed by atoms with Crippen molar-refractivity contribution in [1.29, 1.82) is 0 Å². The van der Waals surface area contributed by atoms with Gasteiger partial charge in [0.25, 0.3) is 0 Å². The summed E-state index contributed by atoms with van der Waals surface area (Å²) in [6.07, 6.45) is 1.90. The number of hydrogen-bond donors (Lipinski definition) is 0. The molecule has 0 aliphatic carbocycles. The number of rotatable bonds is 3. The summed E-state index contributed by atoms with van der Waals surface area (Å²) in [6.45, 7) is 0. The first kappa shape index (κ1) is 13.7. The van der Waals surface area contributed by atoms with E-state index in [1.165, 1.54) is 0 Å². The Morgan fingerprint density at radius 1 is 1.25 bits per heavy atom. The molecule has 20 heavy (non-hydrogen) atoms. The standard InChI is InChI=1S/C14H9BrCl2N2O/c15-9-4-5-10(17)12(7-9)20-14-11(8-16)19-6-2-1-3-13(19)18-14/h1-7H,8H2. The van der Waals surface area contributed by atoms with Gasteiger partial charge >= 0.3 is 0 Å². The molecule has 0 saturated carbocycles. The summed E-state index contributed by atoms with van der Waals surface area (Å²) < 4.78 is 8.60. The number of hydrogen-bond acceptors (Lipinski definition) is 2. The van der Waals surface area contributed by atoms with Gasteiger partial charge in [-0.15, -0.1) is 11.6 Å². The van der Waals surface area contributed by atoms with E-state index in [9.17, 15) is 0 Å². The minimum atomic E-state index is 0.298. The lowest BCUT2D eigenvalue weighted by Gasteiger charge is -2.06. The van der Waals surface area contributed by atoms with E-state index >= 15 is 0 Å². The Bertz CT molecular complexity index is 773. The average Bonchev–Trinajstić information content (AvgIpc) is 2.80. The van der Waals surface area contributed by atoms with Crippen LogP contribution in [0.3, 0.4) is 0 Å². The zero-order valence-corrected chi connectivity index (χ0v) is 13.3. The van der Waals surface area contributed by atoms with Crippen molar-refractivity contribution in [2.24, 2.45) is 0 Å². The van der Waals surface area contributed by atoms with Crippen molar-refractivity contribution in [3.63, 3.8) is 0 Å². The van der Waals surface area contributed by atoms with E-state index in [0.717, 1.165) is 15.8 Å². The van der Waals surface area contributed by atoms with Crippen LogP contribution in [0.25, 0.3) is 5.65 Å². The van der Waals surface area contributed by atoms with Crippen molar-refractivity contribution in [1.82, 2.24) is 9.38 Å². The van der Waals surface area contributed by atoms with Crippen LogP contribution in [0, 0.1) is 0 Å². The molecular formula is C14H9BrCl2N2O. The van der Waals surface area contributed by atoms with Gasteiger partial charge < -0.3 is 4.74 Å². The van der Waals surface area contributed by atoms with Gasteiger partial charge in [-0.2, -0.15) is 4.98 Å². The molecule has 3 rings (SSSR count). The molecule has 0 bridgehead atoms. The van der Waals surface area contributed by atoms with Crippen molar-refractivity contribution in [2.45, 2.75) is 5.88 Å². The Hall–Kier alpha value is -1.23. The number of nitrogens with zero attached hydrogens (tertiary/aromatic N) is 2. The fraction of sp³-hybridized carbons (Fsp3) is 0.0714. The molecule has 0 aliphatic heterocycles. The molecule has 0 amide bonds. The molecule has 0 atom stereocenters. The molecule has 2 heterocycles. The van der Waals surface area contributed by atoms with Gasteiger partial charge in [-0.25, -0.2) is 0 Å². The maximum Gasteiger partial charge on any atom is 0.242 e. The van der Waals surface area contributed by atoms with E-state index < -0.39 is 0 Å². The Labute approximate surface area is 134 Å². The van der Waals surface area contributed by atoms with Crippen LogP contribution < -0.4 is 4.74 Å². The predicted octanol–water partition coefficient (Wildman–Crippen LogP) is 5.28. The minimum absolute atomic E-state index is 0.298. The third-order valence-electron chi connectivity index (χ3n) is 2.82. The Balaban J connectivity index is 2.08. The maximum absolute atomic E-state index is 6.13. The highest BCUT2D eigenvalue weighted by atomic mass is 79.9. The number of ether oxygens (including phenoxy) is 1. The number of alkyl halides is 1. The molecular weight excluding hydrogens is 363 g/mol. The van der Waals surface area contributed by atoms with Crippen LogP contribution in [0.1, 0.15) is 5.69 Å². The smallest absolute Gasteiger partial charge is 0.242 e. The van der Waals surface area contributed by atoms with Gasteiger partial charge in [0.2, 0.25) is 5.88 Å². The molecule has 0 spiro atoms. The summed E-state index contributed by atoms with van der Waals surface area (Å²) in [6, 6.07) is 11.1. The maximum atomic E-state index is 6.13. The number of aromatic nitrogens is 2. The zero-order valence-electron chi connectivity index (χ0n) is 10.2. The van der Waals surface area contributed by atoms with Crippen LogP contribution in [0.4, 0.5) is 0 Å². The molecule has 0 fully saturated rings. The zero-order chi connectivity index (χ0) is 14.1. The van der Waals surface area contributed by atoms with Gasteiger partial charge in [0.1, 0.15) is 17.1 Å². The van der Waals surface area contributed by atoms with Gasteiger partial charge in [-0.05, 0) is 30.3 Å². The van der Waals surface area contributed by atoms with E-state index in [0.29, 0.717) is 22.5 Å². The first-order valence-corrected chi connectivity index (χ1v) is 7.54. The molecule has 0 radical (unpaired) electrons. The van der Waals surface area contributed by atoms with Crippen LogP contribution in [0.5, 0.6) is 11.6 Å². The normalized spacial score (nSPS) is 10.9. The monoisotopic (exact) mass is 370 g/mol. The minimum Gasteiger partial charge on any atom is -0.436 e. The fourth-order valence-electron chi connectivity index (χ4n) is 1.89. The third-order valence-corrected chi connectivity index (χ3v) is 3.88.